The molecule has 0 saturated heterocycles. The van der Waals surface area contributed by atoms with E-state index in [1.165, 1.54) is 12.1 Å². The van der Waals surface area contributed by atoms with Crippen molar-refractivity contribution in [2.75, 3.05) is 17.6 Å². The molecular formula is C14H21N3O2S2. The van der Waals surface area contributed by atoms with Crippen LogP contribution in [0.1, 0.15) is 26.7 Å². The molecule has 5 nitrogen and oxygen atoms in total. The molecule has 0 bridgehead atoms. The van der Waals surface area contributed by atoms with Crippen LogP contribution in [0.25, 0.3) is 0 Å². The Hall–Kier alpha value is -1.05. The molecule has 7 heteroatoms. The van der Waals surface area contributed by atoms with Crippen molar-refractivity contribution in [3.63, 3.8) is 0 Å². The SMILES string of the molecule is CCC1(CC)CN=C(Nc2ccc(S(N)(=O)=O)cc2)SC1. The first kappa shape index (κ1) is 16.3. The number of anilines is 1. The van der Waals surface area contributed by atoms with Gasteiger partial charge in [0.15, 0.2) is 5.17 Å². The van der Waals surface area contributed by atoms with E-state index < -0.39 is 10.0 Å². The largest absolute Gasteiger partial charge is 0.335 e. The van der Waals surface area contributed by atoms with Gasteiger partial charge >= 0.3 is 0 Å². The van der Waals surface area contributed by atoms with Gasteiger partial charge in [-0.05, 0) is 42.5 Å². The minimum Gasteiger partial charge on any atom is -0.335 e. The summed E-state index contributed by atoms with van der Waals surface area (Å²) in [5.74, 6) is 1.06. The number of nitrogens with zero attached hydrogens (tertiary/aromatic N) is 1. The number of aliphatic imine (C=N–C) groups is 1. The Bertz CT molecular complexity index is 620. The van der Waals surface area contributed by atoms with E-state index in [9.17, 15) is 8.42 Å². The van der Waals surface area contributed by atoms with Crippen molar-refractivity contribution in [1.29, 1.82) is 0 Å². The van der Waals surface area contributed by atoms with Crippen molar-refractivity contribution >= 4 is 32.6 Å². The van der Waals surface area contributed by atoms with Crippen LogP contribution in [0.4, 0.5) is 5.69 Å². The maximum Gasteiger partial charge on any atom is 0.238 e. The first-order valence-electron chi connectivity index (χ1n) is 6.96. The molecule has 2 rings (SSSR count). The highest BCUT2D eigenvalue weighted by atomic mass is 32.2. The van der Waals surface area contributed by atoms with Gasteiger partial charge in [0.25, 0.3) is 0 Å². The molecule has 1 aromatic carbocycles. The van der Waals surface area contributed by atoms with E-state index in [0.29, 0.717) is 5.41 Å². The fraction of sp³-hybridized carbons (Fsp3) is 0.500. The molecule has 21 heavy (non-hydrogen) atoms. The third-order valence-electron chi connectivity index (χ3n) is 4.01. The lowest BCUT2D eigenvalue weighted by atomic mass is 9.84. The Morgan fingerprint density at radius 2 is 1.90 bits per heavy atom. The van der Waals surface area contributed by atoms with Crippen LogP contribution < -0.4 is 10.5 Å². The number of thioether (sulfide) groups is 1. The molecule has 0 amide bonds. The van der Waals surface area contributed by atoms with Crippen molar-refractivity contribution in [2.24, 2.45) is 15.5 Å². The van der Waals surface area contributed by atoms with Crippen molar-refractivity contribution in [2.45, 2.75) is 31.6 Å². The van der Waals surface area contributed by atoms with Crippen molar-refractivity contribution in [3.05, 3.63) is 24.3 Å². The van der Waals surface area contributed by atoms with Crippen LogP contribution >= 0.6 is 11.8 Å². The summed E-state index contributed by atoms with van der Waals surface area (Å²) in [7, 11) is -3.64. The molecule has 1 aromatic rings. The topological polar surface area (TPSA) is 84.5 Å². The smallest absolute Gasteiger partial charge is 0.238 e. The molecule has 0 aliphatic carbocycles. The molecule has 0 aromatic heterocycles. The number of nitrogens with one attached hydrogen (secondary N) is 1. The Kier molecular flexibility index (Phi) is 4.95. The van der Waals surface area contributed by atoms with Crippen LogP contribution in [-0.4, -0.2) is 25.9 Å². The molecular weight excluding hydrogens is 306 g/mol. The van der Waals surface area contributed by atoms with Crippen molar-refractivity contribution in [3.8, 4) is 0 Å². The van der Waals surface area contributed by atoms with Crippen molar-refractivity contribution in [1.82, 2.24) is 0 Å². The average molecular weight is 327 g/mol. The van der Waals surface area contributed by atoms with Gasteiger partial charge in [-0.1, -0.05) is 25.6 Å². The third kappa shape index (κ3) is 3.99. The van der Waals surface area contributed by atoms with Gasteiger partial charge in [-0.15, -0.1) is 0 Å². The predicted octanol–water partition coefficient (Wildman–Crippen LogP) is 2.66. The fourth-order valence-corrected chi connectivity index (χ4v) is 3.96. The monoisotopic (exact) mass is 327 g/mol. The zero-order chi connectivity index (χ0) is 15.5. The highest BCUT2D eigenvalue weighted by Crippen LogP contribution is 2.35. The van der Waals surface area contributed by atoms with E-state index in [2.05, 4.69) is 24.2 Å². The molecule has 0 fully saturated rings. The maximum atomic E-state index is 11.2. The zero-order valence-electron chi connectivity index (χ0n) is 12.3. The summed E-state index contributed by atoms with van der Waals surface area (Å²) in [5, 5.41) is 9.18. The van der Waals surface area contributed by atoms with E-state index in [4.69, 9.17) is 5.14 Å². The molecule has 0 atom stereocenters. The summed E-state index contributed by atoms with van der Waals surface area (Å²) in [6.45, 7) is 5.26. The van der Waals surface area contributed by atoms with Crippen LogP contribution in [-0.2, 0) is 10.0 Å². The number of hydrogen-bond acceptors (Lipinski definition) is 5. The second-order valence-electron chi connectivity index (χ2n) is 5.31. The third-order valence-corrected chi connectivity index (χ3v) is 6.20. The number of hydrogen-bond donors (Lipinski definition) is 2. The molecule has 1 aliphatic rings. The number of primary sulfonamides is 1. The van der Waals surface area contributed by atoms with Gasteiger partial charge < -0.3 is 5.32 Å². The van der Waals surface area contributed by atoms with Gasteiger partial charge in [0, 0.05) is 18.0 Å². The first-order valence-corrected chi connectivity index (χ1v) is 9.49. The van der Waals surface area contributed by atoms with Crippen LogP contribution in [0, 0.1) is 5.41 Å². The molecule has 1 heterocycles. The minimum absolute atomic E-state index is 0.113. The van der Waals surface area contributed by atoms with E-state index in [1.54, 1.807) is 23.9 Å². The molecule has 0 spiro atoms. The second kappa shape index (κ2) is 6.37. The van der Waals surface area contributed by atoms with Crippen LogP contribution in [0.15, 0.2) is 34.2 Å². The molecule has 0 saturated carbocycles. The average Bonchev–Trinajstić information content (AvgIpc) is 2.48. The quantitative estimate of drug-likeness (QED) is 0.890. The predicted molar refractivity (Wildman–Crippen MR) is 89.2 cm³/mol. The Balaban J connectivity index is 2.05. The summed E-state index contributed by atoms with van der Waals surface area (Å²) in [6, 6.07) is 6.39. The molecule has 1 aliphatic heterocycles. The summed E-state index contributed by atoms with van der Waals surface area (Å²) in [4.78, 5) is 4.73. The van der Waals surface area contributed by atoms with Gasteiger partial charge in [-0.25, -0.2) is 13.6 Å². The van der Waals surface area contributed by atoms with Crippen LogP contribution in [0.2, 0.25) is 0 Å². The summed E-state index contributed by atoms with van der Waals surface area (Å²) in [6.07, 6.45) is 2.27. The van der Waals surface area contributed by atoms with Gasteiger partial charge in [0.2, 0.25) is 10.0 Å². The zero-order valence-corrected chi connectivity index (χ0v) is 13.9. The van der Waals surface area contributed by atoms with E-state index >= 15 is 0 Å². The van der Waals surface area contributed by atoms with Gasteiger partial charge in [0.1, 0.15) is 0 Å². The summed E-state index contributed by atoms with van der Waals surface area (Å²) >= 11 is 1.72. The first-order chi connectivity index (χ1) is 9.88. The summed E-state index contributed by atoms with van der Waals surface area (Å²) in [5.41, 5.74) is 1.13. The van der Waals surface area contributed by atoms with Crippen molar-refractivity contribution < 1.29 is 8.42 Å². The number of benzene rings is 1. The highest BCUT2D eigenvalue weighted by Gasteiger charge is 2.30. The maximum absolute atomic E-state index is 11.2. The van der Waals surface area contributed by atoms with Gasteiger partial charge in [-0.2, -0.15) is 0 Å². The second-order valence-corrected chi connectivity index (χ2v) is 7.84. The Labute approximate surface area is 130 Å². The van der Waals surface area contributed by atoms with Gasteiger partial charge in [-0.3, -0.25) is 4.99 Å². The lowest BCUT2D eigenvalue weighted by Crippen LogP contribution is -2.32. The summed E-state index contributed by atoms with van der Waals surface area (Å²) < 4.78 is 22.4. The number of rotatable bonds is 4. The molecule has 116 valence electrons. The van der Waals surface area contributed by atoms with Crippen LogP contribution in [0.5, 0.6) is 0 Å². The highest BCUT2D eigenvalue weighted by molar-refractivity contribution is 8.14. The molecule has 0 unspecified atom stereocenters. The van der Waals surface area contributed by atoms with E-state index in [1.807, 2.05) is 0 Å². The number of sulfonamides is 1. The Morgan fingerprint density at radius 3 is 2.33 bits per heavy atom. The number of amidine groups is 1. The molecule has 0 radical (unpaired) electrons. The normalized spacial score (nSPS) is 18.1. The van der Waals surface area contributed by atoms with Crippen LogP contribution in [0.3, 0.4) is 0 Å². The van der Waals surface area contributed by atoms with Gasteiger partial charge in [0.05, 0.1) is 4.90 Å². The lowest BCUT2D eigenvalue weighted by Gasteiger charge is -2.33. The van der Waals surface area contributed by atoms with E-state index in [0.717, 1.165) is 36.0 Å². The number of nitrogens with two attached hydrogens (primary N) is 1. The van der Waals surface area contributed by atoms with E-state index in [-0.39, 0.29) is 4.90 Å². The lowest BCUT2D eigenvalue weighted by molar-refractivity contribution is 0.318. The standard InChI is InChI=1S/C14H21N3O2S2/c1-3-14(4-2)9-16-13(20-10-14)17-11-5-7-12(8-6-11)21(15,18)19/h5-8H,3-4,9-10H2,1-2H3,(H,16,17)(H2,15,18,19). The molecule has 3 N–H and O–H groups in total. The Morgan fingerprint density at radius 1 is 1.29 bits per heavy atom. The fourth-order valence-electron chi connectivity index (χ4n) is 2.16. The minimum atomic E-state index is -3.64.